The van der Waals surface area contributed by atoms with Gasteiger partial charge in [-0.05, 0) is 44.0 Å². The van der Waals surface area contributed by atoms with Crippen molar-refractivity contribution >= 4 is 11.6 Å². The summed E-state index contributed by atoms with van der Waals surface area (Å²) in [6, 6.07) is 10.1. The Hall–Kier alpha value is -2.16. The maximum atomic E-state index is 11.9. The van der Waals surface area contributed by atoms with Gasteiger partial charge in [-0.3, -0.25) is 9.78 Å². The van der Waals surface area contributed by atoms with Crippen LogP contribution >= 0.6 is 0 Å². The molecule has 1 amide bonds. The summed E-state index contributed by atoms with van der Waals surface area (Å²) < 4.78 is 0. The number of aryl methyl sites for hydroxylation is 1. The summed E-state index contributed by atoms with van der Waals surface area (Å²) in [5.74, 6) is 0.0579. The van der Waals surface area contributed by atoms with E-state index in [1.165, 1.54) is 0 Å². The van der Waals surface area contributed by atoms with E-state index in [-0.39, 0.29) is 5.91 Å². The number of pyridine rings is 1. The number of amides is 1. The van der Waals surface area contributed by atoms with Crippen LogP contribution in [0.2, 0.25) is 0 Å². The molecular weight excluding hydrogens is 236 g/mol. The molecule has 3 heteroatoms. The van der Waals surface area contributed by atoms with Crippen molar-refractivity contribution in [1.29, 1.82) is 0 Å². The first-order chi connectivity index (χ1) is 9.00. The van der Waals surface area contributed by atoms with E-state index >= 15 is 0 Å². The summed E-state index contributed by atoms with van der Waals surface area (Å²) >= 11 is 0. The minimum atomic E-state index is -0.447. The minimum Gasteiger partial charge on any atom is -0.325 e. The molecule has 1 aliphatic rings. The number of fused-ring (bicyclic) bond motifs is 1. The summed E-state index contributed by atoms with van der Waals surface area (Å²) in [4.78, 5) is 16.2. The normalized spacial score (nSPS) is 16.1. The molecule has 1 aliphatic heterocycles. The predicted octanol–water partition coefficient (Wildman–Crippen LogP) is 3.29. The largest absolute Gasteiger partial charge is 0.325 e. The second kappa shape index (κ2) is 3.92. The van der Waals surface area contributed by atoms with E-state index in [2.05, 4.69) is 16.4 Å². The number of nitrogens with zero attached hydrogens (tertiary/aromatic N) is 1. The standard InChI is InChI=1S/C16H16N2O/c1-10-12(5-4-8-17-10)11-6-7-13-14(9-11)18-15(19)16(13,2)3/h4-9H,1-3H3,(H,18,19). The lowest BCUT2D eigenvalue weighted by Crippen LogP contribution is -2.26. The Morgan fingerprint density at radius 3 is 2.74 bits per heavy atom. The third-order valence-electron chi connectivity index (χ3n) is 3.83. The molecule has 96 valence electrons. The van der Waals surface area contributed by atoms with Crippen LogP contribution in [0, 0.1) is 6.92 Å². The lowest BCUT2D eigenvalue weighted by molar-refractivity contribution is -0.119. The molecule has 19 heavy (non-hydrogen) atoms. The number of carbonyl (C=O) groups is 1. The van der Waals surface area contributed by atoms with Gasteiger partial charge in [-0.15, -0.1) is 0 Å². The van der Waals surface area contributed by atoms with E-state index in [9.17, 15) is 4.79 Å². The zero-order valence-electron chi connectivity index (χ0n) is 11.3. The summed E-state index contributed by atoms with van der Waals surface area (Å²) in [6.07, 6.45) is 1.79. The molecule has 0 saturated heterocycles. The molecule has 3 nitrogen and oxygen atoms in total. The van der Waals surface area contributed by atoms with Crippen LogP contribution in [0.1, 0.15) is 25.1 Å². The van der Waals surface area contributed by atoms with Gasteiger partial charge in [0.15, 0.2) is 0 Å². The van der Waals surface area contributed by atoms with Gasteiger partial charge in [-0.2, -0.15) is 0 Å². The molecule has 0 radical (unpaired) electrons. The van der Waals surface area contributed by atoms with Gasteiger partial charge in [0.25, 0.3) is 0 Å². The number of anilines is 1. The Labute approximate surface area is 112 Å². The SMILES string of the molecule is Cc1ncccc1-c1ccc2c(c1)NC(=O)C2(C)C. The molecule has 1 aromatic heterocycles. The second-order valence-corrected chi connectivity index (χ2v) is 5.48. The number of hydrogen-bond acceptors (Lipinski definition) is 2. The van der Waals surface area contributed by atoms with Crippen molar-refractivity contribution in [3.63, 3.8) is 0 Å². The molecule has 1 aromatic carbocycles. The average molecular weight is 252 g/mol. The van der Waals surface area contributed by atoms with Crippen molar-refractivity contribution < 1.29 is 4.79 Å². The van der Waals surface area contributed by atoms with E-state index in [0.717, 1.165) is 28.1 Å². The highest BCUT2D eigenvalue weighted by Crippen LogP contribution is 2.39. The quantitative estimate of drug-likeness (QED) is 0.846. The number of hydrogen-bond donors (Lipinski definition) is 1. The molecular formula is C16H16N2O. The van der Waals surface area contributed by atoms with E-state index < -0.39 is 5.41 Å². The molecule has 2 aromatic rings. The molecule has 0 bridgehead atoms. The highest BCUT2D eigenvalue weighted by atomic mass is 16.2. The monoisotopic (exact) mass is 252 g/mol. The lowest BCUT2D eigenvalue weighted by atomic mass is 9.85. The molecule has 0 unspecified atom stereocenters. The summed E-state index contributed by atoms with van der Waals surface area (Å²) in [5, 5.41) is 2.96. The van der Waals surface area contributed by atoms with Crippen LogP contribution in [0.25, 0.3) is 11.1 Å². The Kier molecular flexibility index (Phi) is 2.45. The van der Waals surface area contributed by atoms with Crippen LogP contribution in [0.4, 0.5) is 5.69 Å². The van der Waals surface area contributed by atoms with Gasteiger partial charge < -0.3 is 5.32 Å². The van der Waals surface area contributed by atoms with E-state index in [1.54, 1.807) is 6.20 Å². The van der Waals surface area contributed by atoms with E-state index in [4.69, 9.17) is 0 Å². The summed E-state index contributed by atoms with van der Waals surface area (Å²) in [7, 11) is 0. The molecule has 0 atom stereocenters. The highest BCUT2D eigenvalue weighted by Gasteiger charge is 2.38. The molecule has 0 aliphatic carbocycles. The number of benzene rings is 1. The Balaban J connectivity index is 2.13. The summed E-state index contributed by atoms with van der Waals surface area (Å²) in [5.41, 5.74) is 4.70. The van der Waals surface area contributed by atoms with Gasteiger partial charge in [0, 0.05) is 23.1 Å². The molecule has 0 spiro atoms. The van der Waals surface area contributed by atoms with Crippen LogP contribution in [-0.4, -0.2) is 10.9 Å². The molecule has 0 fully saturated rings. The first-order valence-corrected chi connectivity index (χ1v) is 6.38. The summed E-state index contributed by atoms with van der Waals surface area (Å²) in [6.45, 7) is 5.89. The van der Waals surface area contributed by atoms with Gasteiger partial charge >= 0.3 is 0 Å². The number of aromatic nitrogens is 1. The van der Waals surface area contributed by atoms with Crippen LogP contribution in [0.15, 0.2) is 36.5 Å². The highest BCUT2D eigenvalue weighted by molar-refractivity contribution is 6.06. The van der Waals surface area contributed by atoms with Gasteiger partial charge in [-0.1, -0.05) is 18.2 Å². The van der Waals surface area contributed by atoms with Crippen LogP contribution in [0.3, 0.4) is 0 Å². The topological polar surface area (TPSA) is 42.0 Å². The smallest absolute Gasteiger partial charge is 0.234 e. The second-order valence-electron chi connectivity index (χ2n) is 5.48. The third-order valence-corrected chi connectivity index (χ3v) is 3.83. The van der Waals surface area contributed by atoms with Crippen molar-refractivity contribution in [2.24, 2.45) is 0 Å². The number of rotatable bonds is 1. The fraction of sp³-hybridized carbons (Fsp3) is 0.250. The molecule has 0 saturated carbocycles. The number of carbonyl (C=O) groups excluding carboxylic acids is 1. The molecule has 2 heterocycles. The van der Waals surface area contributed by atoms with Gasteiger partial charge in [0.05, 0.1) is 5.41 Å². The van der Waals surface area contributed by atoms with E-state index in [1.807, 2.05) is 45.0 Å². The fourth-order valence-electron chi connectivity index (χ4n) is 2.55. The first-order valence-electron chi connectivity index (χ1n) is 6.38. The van der Waals surface area contributed by atoms with Crippen molar-refractivity contribution in [2.75, 3.05) is 5.32 Å². The zero-order chi connectivity index (χ0) is 13.6. The average Bonchev–Trinajstić information content (AvgIpc) is 2.60. The predicted molar refractivity (Wildman–Crippen MR) is 76.1 cm³/mol. The third kappa shape index (κ3) is 1.73. The Morgan fingerprint density at radius 2 is 2.00 bits per heavy atom. The zero-order valence-corrected chi connectivity index (χ0v) is 11.3. The van der Waals surface area contributed by atoms with Crippen molar-refractivity contribution in [2.45, 2.75) is 26.2 Å². The fourth-order valence-corrected chi connectivity index (χ4v) is 2.55. The first kappa shape index (κ1) is 11.9. The maximum Gasteiger partial charge on any atom is 0.234 e. The number of nitrogens with one attached hydrogen (secondary N) is 1. The van der Waals surface area contributed by atoms with Crippen LogP contribution in [0.5, 0.6) is 0 Å². The van der Waals surface area contributed by atoms with Gasteiger partial charge in [0.1, 0.15) is 0 Å². The van der Waals surface area contributed by atoms with Gasteiger partial charge in [0.2, 0.25) is 5.91 Å². The van der Waals surface area contributed by atoms with Crippen molar-refractivity contribution in [3.8, 4) is 11.1 Å². The minimum absolute atomic E-state index is 0.0579. The lowest BCUT2D eigenvalue weighted by Gasteiger charge is -2.15. The Bertz CT molecular complexity index is 674. The van der Waals surface area contributed by atoms with E-state index in [0.29, 0.717) is 0 Å². The van der Waals surface area contributed by atoms with Crippen LogP contribution < -0.4 is 5.32 Å². The Morgan fingerprint density at radius 1 is 1.21 bits per heavy atom. The van der Waals surface area contributed by atoms with Gasteiger partial charge in [-0.25, -0.2) is 0 Å². The van der Waals surface area contributed by atoms with Crippen LogP contribution in [-0.2, 0) is 10.2 Å². The van der Waals surface area contributed by atoms with Crippen molar-refractivity contribution in [1.82, 2.24) is 4.98 Å². The maximum absolute atomic E-state index is 11.9. The molecule has 1 N–H and O–H groups in total. The molecule has 3 rings (SSSR count). The van der Waals surface area contributed by atoms with Crippen molar-refractivity contribution in [3.05, 3.63) is 47.8 Å².